The summed E-state index contributed by atoms with van der Waals surface area (Å²) >= 11 is 0. The van der Waals surface area contributed by atoms with Crippen LogP contribution in [0.1, 0.15) is 12.5 Å². The first kappa shape index (κ1) is 13.8. The first-order chi connectivity index (χ1) is 9.24. The van der Waals surface area contributed by atoms with E-state index in [0.717, 1.165) is 35.4 Å². The Labute approximate surface area is 114 Å². The number of hydrogen-bond donors (Lipinski definition) is 2. The van der Waals surface area contributed by atoms with Crippen LogP contribution in [0.4, 0.5) is 5.82 Å². The average molecular weight is 259 g/mol. The Morgan fingerprint density at radius 3 is 2.84 bits per heavy atom. The first-order valence-corrected chi connectivity index (χ1v) is 6.66. The van der Waals surface area contributed by atoms with Gasteiger partial charge in [-0.3, -0.25) is 4.90 Å². The molecule has 0 aliphatic rings. The molecule has 1 aromatic heterocycles. The van der Waals surface area contributed by atoms with Crippen molar-refractivity contribution in [2.75, 3.05) is 32.1 Å². The second-order valence-electron chi connectivity index (χ2n) is 4.68. The Kier molecular flexibility index (Phi) is 4.71. The highest BCUT2D eigenvalue weighted by Gasteiger charge is 2.08. The maximum atomic E-state index is 8.99. The van der Waals surface area contributed by atoms with E-state index in [2.05, 4.69) is 34.3 Å². The van der Waals surface area contributed by atoms with Gasteiger partial charge in [0.05, 0.1) is 12.1 Å². The van der Waals surface area contributed by atoms with Gasteiger partial charge in [0.1, 0.15) is 5.82 Å². The van der Waals surface area contributed by atoms with Crippen LogP contribution in [0.15, 0.2) is 30.3 Å². The molecule has 102 valence electrons. The molecule has 0 aliphatic heterocycles. The molecule has 2 rings (SSSR count). The number of fused-ring (bicyclic) bond motifs is 1. The maximum absolute atomic E-state index is 8.99. The average Bonchev–Trinajstić information content (AvgIpc) is 2.40. The number of aliphatic hydroxyl groups is 1. The van der Waals surface area contributed by atoms with Crippen LogP contribution in [0.3, 0.4) is 0 Å². The van der Waals surface area contributed by atoms with Gasteiger partial charge in [-0.1, -0.05) is 18.2 Å². The van der Waals surface area contributed by atoms with Crippen molar-refractivity contribution in [2.24, 2.45) is 0 Å². The van der Waals surface area contributed by atoms with Gasteiger partial charge < -0.3 is 10.4 Å². The van der Waals surface area contributed by atoms with Gasteiger partial charge in [-0.15, -0.1) is 0 Å². The van der Waals surface area contributed by atoms with Crippen molar-refractivity contribution in [3.63, 3.8) is 0 Å². The number of anilines is 1. The monoisotopic (exact) mass is 259 g/mol. The third kappa shape index (κ3) is 3.43. The topological polar surface area (TPSA) is 48.4 Å². The number of pyridine rings is 1. The van der Waals surface area contributed by atoms with Gasteiger partial charge in [0.25, 0.3) is 0 Å². The molecule has 0 unspecified atom stereocenters. The van der Waals surface area contributed by atoms with Crippen molar-refractivity contribution in [1.29, 1.82) is 0 Å². The third-order valence-corrected chi connectivity index (χ3v) is 3.07. The van der Waals surface area contributed by atoms with Crippen LogP contribution in [-0.2, 0) is 6.54 Å². The minimum absolute atomic E-state index is 0.175. The predicted molar refractivity (Wildman–Crippen MR) is 79.3 cm³/mol. The maximum Gasteiger partial charge on any atom is 0.131 e. The molecule has 1 heterocycles. The molecule has 0 spiro atoms. The van der Waals surface area contributed by atoms with Gasteiger partial charge in [-0.2, -0.15) is 0 Å². The molecular formula is C15H21N3O. The Bertz CT molecular complexity index is 542. The lowest BCUT2D eigenvalue weighted by molar-refractivity contribution is 0.217. The largest absolute Gasteiger partial charge is 0.395 e. The van der Waals surface area contributed by atoms with Crippen molar-refractivity contribution < 1.29 is 5.11 Å². The highest BCUT2D eigenvalue weighted by molar-refractivity contribution is 5.81. The number of rotatable bonds is 6. The lowest BCUT2D eigenvalue weighted by Crippen LogP contribution is -2.22. The predicted octanol–water partition coefficient (Wildman–Crippen LogP) is 2.09. The molecular weight excluding hydrogens is 238 g/mol. The van der Waals surface area contributed by atoms with E-state index >= 15 is 0 Å². The summed E-state index contributed by atoms with van der Waals surface area (Å²) in [6.45, 7) is 4.54. The molecule has 0 saturated carbocycles. The van der Waals surface area contributed by atoms with Gasteiger partial charge in [0, 0.05) is 30.6 Å². The number of nitrogens with zero attached hydrogens (tertiary/aromatic N) is 2. The Morgan fingerprint density at radius 1 is 1.32 bits per heavy atom. The quantitative estimate of drug-likeness (QED) is 0.834. The second kappa shape index (κ2) is 6.50. The molecule has 0 saturated heterocycles. The Balaban J connectivity index is 2.35. The SMILES string of the molecule is CCNc1nc2ccccc2cc1CN(C)CCO. The summed E-state index contributed by atoms with van der Waals surface area (Å²) in [4.78, 5) is 6.77. The van der Waals surface area contributed by atoms with E-state index in [9.17, 15) is 0 Å². The van der Waals surface area contributed by atoms with Crippen LogP contribution < -0.4 is 5.32 Å². The number of likely N-dealkylation sites (N-methyl/N-ethyl adjacent to an activating group) is 1. The molecule has 0 aliphatic carbocycles. The van der Waals surface area contributed by atoms with Gasteiger partial charge >= 0.3 is 0 Å². The van der Waals surface area contributed by atoms with E-state index < -0.39 is 0 Å². The molecule has 2 aromatic rings. The summed E-state index contributed by atoms with van der Waals surface area (Å²) in [5.74, 6) is 0.936. The highest BCUT2D eigenvalue weighted by atomic mass is 16.3. The fraction of sp³-hybridized carbons (Fsp3) is 0.400. The van der Waals surface area contributed by atoms with Crippen LogP contribution >= 0.6 is 0 Å². The molecule has 2 N–H and O–H groups in total. The lowest BCUT2D eigenvalue weighted by Gasteiger charge is -2.18. The summed E-state index contributed by atoms with van der Waals surface area (Å²) in [7, 11) is 2.00. The van der Waals surface area contributed by atoms with E-state index in [4.69, 9.17) is 5.11 Å². The molecule has 0 atom stereocenters. The van der Waals surface area contributed by atoms with Gasteiger partial charge in [-0.05, 0) is 26.1 Å². The van der Waals surface area contributed by atoms with Crippen LogP contribution in [0, 0.1) is 0 Å². The van der Waals surface area contributed by atoms with E-state index in [0.29, 0.717) is 6.54 Å². The van der Waals surface area contributed by atoms with E-state index in [1.54, 1.807) is 0 Å². The standard InChI is InChI=1S/C15H21N3O/c1-3-16-15-13(11-18(2)8-9-19)10-12-6-4-5-7-14(12)17-15/h4-7,10,19H,3,8-9,11H2,1-2H3,(H,16,17). The normalized spacial score (nSPS) is 11.2. The summed E-state index contributed by atoms with van der Waals surface area (Å²) in [5, 5.41) is 13.5. The molecule has 0 amide bonds. The molecule has 4 heteroatoms. The number of hydrogen-bond acceptors (Lipinski definition) is 4. The number of nitrogens with one attached hydrogen (secondary N) is 1. The zero-order chi connectivity index (χ0) is 13.7. The van der Waals surface area contributed by atoms with E-state index in [1.807, 2.05) is 25.2 Å². The van der Waals surface area contributed by atoms with Crippen molar-refractivity contribution in [3.8, 4) is 0 Å². The fourth-order valence-corrected chi connectivity index (χ4v) is 2.14. The van der Waals surface area contributed by atoms with Gasteiger partial charge in [-0.25, -0.2) is 4.98 Å². The third-order valence-electron chi connectivity index (χ3n) is 3.07. The molecule has 0 fully saturated rings. The Hall–Kier alpha value is -1.65. The molecule has 19 heavy (non-hydrogen) atoms. The number of para-hydroxylation sites is 1. The smallest absolute Gasteiger partial charge is 0.131 e. The minimum atomic E-state index is 0.175. The summed E-state index contributed by atoms with van der Waals surface area (Å²) < 4.78 is 0. The molecule has 0 bridgehead atoms. The number of aromatic nitrogens is 1. The number of benzene rings is 1. The summed E-state index contributed by atoms with van der Waals surface area (Å²) in [6, 6.07) is 10.3. The van der Waals surface area contributed by atoms with Gasteiger partial charge in [0.15, 0.2) is 0 Å². The van der Waals surface area contributed by atoms with Crippen molar-refractivity contribution >= 4 is 16.7 Å². The molecule has 0 radical (unpaired) electrons. The van der Waals surface area contributed by atoms with Crippen LogP contribution in [-0.4, -0.2) is 41.7 Å². The zero-order valence-corrected chi connectivity index (χ0v) is 11.6. The van der Waals surface area contributed by atoms with Crippen LogP contribution in [0.5, 0.6) is 0 Å². The van der Waals surface area contributed by atoms with E-state index in [-0.39, 0.29) is 6.61 Å². The number of aliphatic hydroxyl groups excluding tert-OH is 1. The Morgan fingerprint density at radius 2 is 2.11 bits per heavy atom. The van der Waals surface area contributed by atoms with Crippen LogP contribution in [0.2, 0.25) is 0 Å². The summed E-state index contributed by atoms with van der Waals surface area (Å²) in [5.41, 5.74) is 2.17. The highest BCUT2D eigenvalue weighted by Crippen LogP contribution is 2.21. The molecule has 4 nitrogen and oxygen atoms in total. The zero-order valence-electron chi connectivity index (χ0n) is 11.6. The second-order valence-corrected chi connectivity index (χ2v) is 4.68. The summed E-state index contributed by atoms with van der Waals surface area (Å²) in [6.07, 6.45) is 0. The minimum Gasteiger partial charge on any atom is -0.395 e. The molecule has 1 aromatic carbocycles. The lowest BCUT2D eigenvalue weighted by atomic mass is 10.1. The van der Waals surface area contributed by atoms with Crippen LogP contribution in [0.25, 0.3) is 10.9 Å². The van der Waals surface area contributed by atoms with Crippen molar-refractivity contribution in [2.45, 2.75) is 13.5 Å². The van der Waals surface area contributed by atoms with E-state index in [1.165, 1.54) is 0 Å². The fourth-order valence-electron chi connectivity index (χ4n) is 2.14. The van der Waals surface area contributed by atoms with Gasteiger partial charge in [0.2, 0.25) is 0 Å². The first-order valence-electron chi connectivity index (χ1n) is 6.66. The van der Waals surface area contributed by atoms with Crippen molar-refractivity contribution in [1.82, 2.24) is 9.88 Å². The van der Waals surface area contributed by atoms with Crippen molar-refractivity contribution in [3.05, 3.63) is 35.9 Å².